The number of rotatable bonds is 1. The van der Waals surface area contributed by atoms with Gasteiger partial charge in [0.15, 0.2) is 0 Å². The third-order valence-corrected chi connectivity index (χ3v) is 1.04. The molecule has 0 unspecified atom stereocenters. The molecule has 0 fully saturated rings. The van der Waals surface area contributed by atoms with Crippen molar-refractivity contribution >= 4 is 5.78 Å². The number of halogens is 6. The summed E-state index contributed by atoms with van der Waals surface area (Å²) in [4.78, 5) is 9.86. The Labute approximate surface area is 109 Å². The Hall–Kier alpha value is -1.17. The van der Waals surface area contributed by atoms with Crippen LogP contribution in [0, 0.1) is 0 Å². The van der Waals surface area contributed by atoms with Crippen LogP contribution in [0.1, 0.15) is 6.92 Å². The van der Waals surface area contributed by atoms with Crippen molar-refractivity contribution in [3.05, 3.63) is 30.2 Å². The summed E-state index contributed by atoms with van der Waals surface area (Å²) >= 11 is 0. The fourth-order valence-corrected chi connectivity index (χ4v) is 0.288. The fourth-order valence-electron chi connectivity index (χ4n) is 0.288. The van der Waals surface area contributed by atoms with Gasteiger partial charge in [0, 0.05) is 23.1 Å². The normalized spacial score (nSPS) is 11.4. The van der Waals surface area contributed by atoms with E-state index in [0.29, 0.717) is 0 Å². The molecule has 0 aliphatic carbocycles. The van der Waals surface area contributed by atoms with Crippen LogP contribution in [0.2, 0.25) is 0 Å². The fraction of sp³-hybridized carbons (Fsp3) is 0.333. The second kappa shape index (κ2) is 8.85. The molecule has 0 spiro atoms. The van der Waals surface area contributed by atoms with Crippen LogP contribution in [0.3, 0.4) is 0 Å². The molecule has 0 aromatic rings. The van der Waals surface area contributed by atoms with E-state index in [9.17, 15) is 31.1 Å². The Morgan fingerprint density at radius 1 is 1.17 bits per heavy atom. The van der Waals surface area contributed by atoms with Crippen LogP contribution in [0.25, 0.3) is 0 Å². The van der Waals surface area contributed by atoms with E-state index >= 15 is 0 Å². The first-order valence-corrected chi connectivity index (χ1v) is 3.86. The van der Waals surface area contributed by atoms with Gasteiger partial charge in [0.2, 0.25) is 5.76 Å². The predicted octanol–water partition coefficient (Wildman–Crippen LogP) is 3.47. The minimum Gasteiger partial charge on any atom is -0.504 e. The number of carbonyl (C=O) groups is 1. The Morgan fingerprint density at radius 2 is 1.50 bits per heavy atom. The van der Waals surface area contributed by atoms with Gasteiger partial charge in [-0.15, -0.1) is 5.73 Å². The smallest absolute Gasteiger partial charge is 0.454 e. The number of alkyl halides is 6. The maximum Gasteiger partial charge on any atom is 0.454 e. The number of aliphatic hydroxyl groups excluding tert-OH is 1. The summed E-state index contributed by atoms with van der Waals surface area (Å²) in [6, 6.07) is 0. The molecule has 0 amide bonds. The molecule has 0 aromatic carbocycles. The quantitative estimate of drug-likeness (QED) is 0.263. The third kappa shape index (κ3) is 11.3. The number of ketones is 1. The largest absolute Gasteiger partial charge is 0.504 e. The van der Waals surface area contributed by atoms with Crippen molar-refractivity contribution in [3.63, 3.8) is 0 Å². The van der Waals surface area contributed by atoms with Gasteiger partial charge in [-0.25, -0.2) is 0 Å². The van der Waals surface area contributed by atoms with Crippen molar-refractivity contribution in [3.8, 4) is 0 Å². The summed E-state index contributed by atoms with van der Waals surface area (Å²) < 4.78 is 68.1. The first-order valence-electron chi connectivity index (χ1n) is 3.86. The van der Waals surface area contributed by atoms with Crippen molar-refractivity contribution in [2.75, 3.05) is 0 Å². The summed E-state index contributed by atoms with van der Waals surface area (Å²) in [7, 11) is 0. The van der Waals surface area contributed by atoms with Crippen LogP contribution in [0.15, 0.2) is 30.2 Å². The van der Waals surface area contributed by atoms with E-state index in [2.05, 4.69) is 12.3 Å². The molecule has 18 heavy (non-hydrogen) atoms. The zero-order valence-electron chi connectivity index (χ0n) is 8.79. The maximum atomic E-state index is 11.4. The minimum atomic E-state index is -5.42. The number of carbonyl (C=O) groups excluding carboxylic acids is 1. The van der Waals surface area contributed by atoms with Crippen LogP contribution in [-0.4, -0.2) is 23.2 Å². The van der Waals surface area contributed by atoms with Crippen LogP contribution >= 0.6 is 0 Å². The van der Waals surface area contributed by atoms with E-state index in [0.717, 1.165) is 0 Å². The molecule has 9 heteroatoms. The molecular formula is C9H8CuF6O2. The molecule has 1 N–H and O–H groups in total. The first-order chi connectivity index (χ1) is 7.46. The molecule has 0 bridgehead atoms. The van der Waals surface area contributed by atoms with Gasteiger partial charge in [-0.1, -0.05) is 6.58 Å². The van der Waals surface area contributed by atoms with Crippen LogP contribution in [-0.2, 0) is 21.9 Å². The molecule has 109 valence electrons. The van der Waals surface area contributed by atoms with E-state index in [-0.39, 0.29) is 17.1 Å². The number of aliphatic hydroxyl groups is 1. The molecule has 0 saturated heterocycles. The van der Waals surface area contributed by atoms with Gasteiger partial charge in [-0.05, 0) is 13.0 Å². The predicted molar refractivity (Wildman–Crippen MR) is 47.2 cm³/mol. The Morgan fingerprint density at radius 3 is 1.67 bits per heavy atom. The van der Waals surface area contributed by atoms with Crippen molar-refractivity contribution < 1.29 is 53.3 Å². The third-order valence-electron chi connectivity index (χ3n) is 1.04. The molecule has 0 atom stereocenters. The zero-order valence-corrected chi connectivity index (χ0v) is 9.73. The summed E-state index contributed by atoms with van der Waals surface area (Å²) in [6.07, 6.45) is -9.92. The second-order valence-electron chi connectivity index (χ2n) is 2.38. The average Bonchev–Trinajstić information content (AvgIpc) is 2.15. The van der Waals surface area contributed by atoms with Gasteiger partial charge in [-0.2, -0.15) is 26.3 Å². The number of allylic oxidation sites excluding steroid dienone is 3. The molecule has 0 rings (SSSR count). The topological polar surface area (TPSA) is 37.3 Å². The van der Waals surface area contributed by atoms with Crippen LogP contribution < -0.4 is 0 Å². The standard InChI is InChI=1S/C5H2F6O2.C4H6.Cu/c6-4(7,8)2(12)1-3(13)5(9,10)11;1-3-4-2;/h1,12H;4H,1H2,2H3;. The Bertz CT molecular complexity index is 336. The van der Waals surface area contributed by atoms with E-state index in [1.54, 1.807) is 6.08 Å². The molecular weight excluding hydrogens is 318 g/mol. The molecule has 0 aliphatic rings. The summed E-state index contributed by atoms with van der Waals surface area (Å²) in [6.45, 7) is 5.18. The van der Waals surface area contributed by atoms with Crippen molar-refractivity contribution in [2.45, 2.75) is 19.3 Å². The molecule has 0 aliphatic heterocycles. The van der Waals surface area contributed by atoms with Crippen molar-refractivity contribution in [1.29, 1.82) is 0 Å². The van der Waals surface area contributed by atoms with Crippen molar-refractivity contribution in [1.82, 2.24) is 0 Å². The SMILES string of the molecule is C=C=CC.O=C(C=C(O)C(F)(F)F)C(F)(F)F.[Cu]. The summed E-state index contributed by atoms with van der Waals surface area (Å²) in [5.41, 5.74) is 2.56. The molecule has 1 radical (unpaired) electrons. The maximum absolute atomic E-state index is 11.4. The van der Waals surface area contributed by atoms with E-state index in [4.69, 9.17) is 5.11 Å². The number of hydrogen-bond acceptors (Lipinski definition) is 2. The van der Waals surface area contributed by atoms with Gasteiger partial charge in [0.1, 0.15) is 0 Å². The average molecular weight is 326 g/mol. The van der Waals surface area contributed by atoms with Gasteiger partial charge < -0.3 is 5.11 Å². The van der Waals surface area contributed by atoms with Crippen molar-refractivity contribution in [2.24, 2.45) is 0 Å². The molecule has 0 aromatic heterocycles. The van der Waals surface area contributed by atoms with Crippen LogP contribution in [0.4, 0.5) is 26.3 Å². The Kier molecular flexibility index (Phi) is 10.8. The number of hydrogen-bond donors (Lipinski definition) is 1. The molecule has 0 saturated carbocycles. The first kappa shape index (κ1) is 22.0. The van der Waals surface area contributed by atoms with E-state index < -0.39 is 30.0 Å². The zero-order chi connectivity index (χ0) is 14.3. The summed E-state index contributed by atoms with van der Waals surface area (Å²) in [5.74, 6) is -5.34. The monoisotopic (exact) mass is 325 g/mol. The second-order valence-corrected chi connectivity index (χ2v) is 2.38. The Balaban J connectivity index is -0.000000392. The van der Waals surface area contributed by atoms with E-state index in [1.807, 2.05) is 6.92 Å². The summed E-state index contributed by atoms with van der Waals surface area (Å²) in [5, 5.41) is 7.93. The van der Waals surface area contributed by atoms with E-state index in [1.165, 1.54) is 0 Å². The minimum absolute atomic E-state index is 0. The molecule has 0 heterocycles. The van der Waals surface area contributed by atoms with Gasteiger partial charge in [0.25, 0.3) is 5.78 Å². The van der Waals surface area contributed by atoms with Gasteiger partial charge in [0.05, 0.1) is 0 Å². The van der Waals surface area contributed by atoms with Crippen LogP contribution in [0.5, 0.6) is 0 Å². The molecule has 2 nitrogen and oxygen atoms in total. The van der Waals surface area contributed by atoms with Gasteiger partial charge in [-0.3, -0.25) is 4.79 Å². The van der Waals surface area contributed by atoms with Gasteiger partial charge >= 0.3 is 12.4 Å².